The van der Waals surface area contributed by atoms with Crippen molar-refractivity contribution >= 4 is 7.82 Å². The lowest BCUT2D eigenvalue weighted by Gasteiger charge is -2.00. The summed E-state index contributed by atoms with van der Waals surface area (Å²) in [6.07, 6.45) is 0.616. The van der Waals surface area contributed by atoms with Crippen LogP contribution in [0.5, 0.6) is 0 Å². The monoisotopic (exact) mass is 294 g/mol. The molecule has 0 aliphatic carbocycles. The Morgan fingerprint density at radius 2 is 1.30 bits per heavy atom. The average Bonchev–Trinajstić information content (AvgIpc) is 2.47. The fourth-order valence-corrected chi connectivity index (χ4v) is 1.89. The molecule has 2 rings (SSSR count). The molecule has 0 unspecified atom stereocenters. The van der Waals surface area contributed by atoms with E-state index in [-0.39, 0.29) is 6.61 Å². The first-order valence-electron chi connectivity index (χ1n) is 6.33. The van der Waals surface area contributed by atoms with E-state index in [1.54, 1.807) is 6.92 Å². The Hall–Kier alpha value is -1.45. The van der Waals surface area contributed by atoms with Gasteiger partial charge in [0.1, 0.15) is 0 Å². The lowest BCUT2D eigenvalue weighted by atomic mass is 10.1. The van der Waals surface area contributed by atoms with Crippen LogP contribution in [0, 0.1) is 0 Å². The quantitative estimate of drug-likeness (QED) is 0.840. The maximum Gasteiger partial charge on any atom is 0.469 e. The van der Waals surface area contributed by atoms with E-state index in [1.165, 1.54) is 11.1 Å². The molecule has 0 heterocycles. The molecule has 2 N–H and O–H groups in total. The third kappa shape index (κ3) is 7.22. The smallest absolute Gasteiger partial charge is 0.303 e. The van der Waals surface area contributed by atoms with Gasteiger partial charge in [-0.15, -0.1) is 0 Å². The third-order valence-electron chi connectivity index (χ3n) is 2.34. The normalized spacial score (nSPS) is 10.6. The Labute approximate surface area is 119 Å². The first-order chi connectivity index (χ1) is 9.53. The number of rotatable bonds is 4. The summed E-state index contributed by atoms with van der Waals surface area (Å²) >= 11 is 0. The van der Waals surface area contributed by atoms with Crippen molar-refractivity contribution in [1.29, 1.82) is 0 Å². The van der Waals surface area contributed by atoms with Gasteiger partial charge in [0, 0.05) is 0 Å². The molecule has 2 aromatic rings. The standard InChI is InChI=1S/C12H10.C3H9O4P/c1-3-7-11(8-4-1)12-9-5-2-6-10-12;1-2-3-7-8(4,5)6/h1-10H;2-3H2,1H3,(H2,4,5,6). The van der Waals surface area contributed by atoms with E-state index in [9.17, 15) is 4.57 Å². The molecule has 0 aromatic heterocycles. The molecule has 0 spiro atoms. The van der Waals surface area contributed by atoms with Gasteiger partial charge in [-0.3, -0.25) is 4.52 Å². The predicted octanol–water partition coefficient (Wildman–Crippen LogP) is 3.86. The van der Waals surface area contributed by atoms with Crippen molar-refractivity contribution in [3.63, 3.8) is 0 Å². The van der Waals surface area contributed by atoms with E-state index in [0.717, 1.165) is 0 Å². The fraction of sp³-hybridized carbons (Fsp3) is 0.200. The third-order valence-corrected chi connectivity index (χ3v) is 2.86. The summed E-state index contributed by atoms with van der Waals surface area (Å²) in [6.45, 7) is 1.89. The van der Waals surface area contributed by atoms with Crippen LogP contribution in [0.15, 0.2) is 60.7 Å². The van der Waals surface area contributed by atoms with E-state index in [0.29, 0.717) is 6.42 Å². The van der Waals surface area contributed by atoms with Crippen molar-refractivity contribution in [3.8, 4) is 11.1 Å². The van der Waals surface area contributed by atoms with Gasteiger partial charge in [-0.25, -0.2) is 4.57 Å². The van der Waals surface area contributed by atoms with Gasteiger partial charge in [0.25, 0.3) is 0 Å². The van der Waals surface area contributed by atoms with Gasteiger partial charge < -0.3 is 9.79 Å². The number of benzene rings is 2. The Morgan fingerprint density at radius 1 is 0.900 bits per heavy atom. The second-order valence-electron chi connectivity index (χ2n) is 4.06. The van der Waals surface area contributed by atoms with E-state index in [2.05, 4.69) is 53.1 Å². The highest BCUT2D eigenvalue weighted by molar-refractivity contribution is 7.46. The summed E-state index contributed by atoms with van der Waals surface area (Å²) in [5.41, 5.74) is 2.55. The molecule has 0 aliphatic heterocycles. The topological polar surface area (TPSA) is 66.8 Å². The zero-order valence-corrected chi connectivity index (χ0v) is 12.2. The van der Waals surface area contributed by atoms with E-state index < -0.39 is 7.82 Å². The molecular weight excluding hydrogens is 275 g/mol. The van der Waals surface area contributed by atoms with Gasteiger partial charge in [0.15, 0.2) is 0 Å². The van der Waals surface area contributed by atoms with Gasteiger partial charge >= 0.3 is 7.82 Å². The van der Waals surface area contributed by atoms with E-state index in [4.69, 9.17) is 9.79 Å². The summed E-state index contributed by atoms with van der Waals surface area (Å²) in [5, 5.41) is 0. The van der Waals surface area contributed by atoms with Crippen LogP contribution in [-0.2, 0) is 9.09 Å². The number of phosphoric ester groups is 1. The van der Waals surface area contributed by atoms with E-state index >= 15 is 0 Å². The average molecular weight is 294 g/mol. The molecule has 4 nitrogen and oxygen atoms in total. The van der Waals surface area contributed by atoms with Crippen molar-refractivity contribution in [2.75, 3.05) is 6.61 Å². The van der Waals surface area contributed by atoms with E-state index in [1.807, 2.05) is 12.1 Å². The predicted molar refractivity (Wildman–Crippen MR) is 80.2 cm³/mol. The summed E-state index contributed by atoms with van der Waals surface area (Å²) in [4.78, 5) is 16.1. The minimum Gasteiger partial charge on any atom is -0.303 e. The Morgan fingerprint density at radius 3 is 1.55 bits per heavy atom. The summed E-state index contributed by atoms with van der Waals surface area (Å²) in [7, 11) is -4.18. The van der Waals surface area contributed by atoms with Crippen LogP contribution in [-0.4, -0.2) is 16.4 Å². The number of hydrogen-bond donors (Lipinski definition) is 2. The molecule has 108 valence electrons. The lowest BCUT2D eigenvalue weighted by molar-refractivity contribution is 0.197. The molecule has 0 saturated carbocycles. The van der Waals surface area contributed by atoms with Gasteiger partial charge in [-0.2, -0.15) is 0 Å². The molecule has 0 amide bonds. The zero-order chi connectivity index (χ0) is 14.8. The molecule has 0 radical (unpaired) electrons. The molecule has 20 heavy (non-hydrogen) atoms. The SMILES string of the molecule is CCCOP(=O)(O)O.c1ccc(-c2ccccc2)cc1. The molecule has 0 saturated heterocycles. The van der Waals surface area contributed by atoms with Crippen LogP contribution in [0.1, 0.15) is 13.3 Å². The Bertz CT molecular complexity index is 485. The fourth-order valence-electron chi connectivity index (χ4n) is 1.47. The molecule has 0 bridgehead atoms. The summed E-state index contributed by atoms with van der Waals surface area (Å²) < 4.78 is 13.9. The maximum absolute atomic E-state index is 9.86. The van der Waals surface area contributed by atoms with Crippen LogP contribution in [0.4, 0.5) is 0 Å². The summed E-state index contributed by atoms with van der Waals surface area (Å²) in [5.74, 6) is 0. The van der Waals surface area contributed by atoms with Crippen LogP contribution in [0.3, 0.4) is 0 Å². The van der Waals surface area contributed by atoms with Crippen LogP contribution >= 0.6 is 7.82 Å². The first kappa shape index (κ1) is 16.6. The van der Waals surface area contributed by atoms with Crippen molar-refractivity contribution in [2.24, 2.45) is 0 Å². The number of phosphoric acid groups is 1. The van der Waals surface area contributed by atoms with Crippen molar-refractivity contribution in [3.05, 3.63) is 60.7 Å². The maximum atomic E-state index is 9.86. The lowest BCUT2D eigenvalue weighted by Crippen LogP contribution is -1.88. The molecule has 0 atom stereocenters. The highest BCUT2D eigenvalue weighted by Crippen LogP contribution is 2.35. The minimum absolute atomic E-state index is 0.115. The second kappa shape index (κ2) is 8.67. The first-order valence-corrected chi connectivity index (χ1v) is 7.86. The second-order valence-corrected chi connectivity index (χ2v) is 5.30. The van der Waals surface area contributed by atoms with Crippen LogP contribution < -0.4 is 0 Å². The van der Waals surface area contributed by atoms with Gasteiger partial charge in [0.05, 0.1) is 6.61 Å². The number of hydrogen-bond acceptors (Lipinski definition) is 2. The molecule has 0 aliphatic rings. The molecule has 0 fully saturated rings. The molecular formula is C15H19O4P. The van der Waals surface area contributed by atoms with Crippen LogP contribution in [0.25, 0.3) is 11.1 Å². The van der Waals surface area contributed by atoms with Gasteiger partial charge in [0.2, 0.25) is 0 Å². The zero-order valence-electron chi connectivity index (χ0n) is 11.3. The van der Waals surface area contributed by atoms with Crippen molar-refractivity contribution < 1.29 is 18.9 Å². The van der Waals surface area contributed by atoms with Gasteiger partial charge in [-0.1, -0.05) is 67.6 Å². The molecule has 2 aromatic carbocycles. The van der Waals surface area contributed by atoms with Gasteiger partial charge in [-0.05, 0) is 17.5 Å². The van der Waals surface area contributed by atoms with Crippen molar-refractivity contribution in [1.82, 2.24) is 0 Å². The molecule has 5 heteroatoms. The Kier molecular flexibility index (Phi) is 7.20. The minimum atomic E-state index is -4.18. The van der Waals surface area contributed by atoms with Crippen molar-refractivity contribution in [2.45, 2.75) is 13.3 Å². The van der Waals surface area contributed by atoms with Crippen LogP contribution in [0.2, 0.25) is 0 Å². The largest absolute Gasteiger partial charge is 0.469 e. The summed E-state index contributed by atoms with van der Waals surface area (Å²) in [6, 6.07) is 20.8. The highest BCUT2D eigenvalue weighted by atomic mass is 31.2. The highest BCUT2D eigenvalue weighted by Gasteiger charge is 2.11. The Balaban J connectivity index is 0.000000221.